The zero-order valence-corrected chi connectivity index (χ0v) is 10.4. The Morgan fingerprint density at radius 2 is 2.37 bits per heavy atom. The lowest BCUT2D eigenvalue weighted by molar-refractivity contribution is -0.116. The SMILES string of the molecule is Cn1nnc(NC(=O)CCOc2cccc(N)c2)n1. The van der Waals surface area contributed by atoms with Crippen LogP contribution >= 0.6 is 0 Å². The molecule has 3 N–H and O–H groups in total. The lowest BCUT2D eigenvalue weighted by atomic mass is 10.3. The van der Waals surface area contributed by atoms with Crippen LogP contribution in [0.4, 0.5) is 11.6 Å². The van der Waals surface area contributed by atoms with Crippen molar-refractivity contribution in [3.8, 4) is 5.75 Å². The third-order valence-corrected chi connectivity index (χ3v) is 2.22. The molecule has 0 aliphatic carbocycles. The summed E-state index contributed by atoms with van der Waals surface area (Å²) in [6, 6.07) is 7.02. The largest absolute Gasteiger partial charge is 0.493 e. The van der Waals surface area contributed by atoms with Crippen molar-refractivity contribution in [2.24, 2.45) is 7.05 Å². The van der Waals surface area contributed by atoms with E-state index >= 15 is 0 Å². The Morgan fingerprint density at radius 3 is 3.05 bits per heavy atom. The number of nitrogens with two attached hydrogens (primary N) is 1. The summed E-state index contributed by atoms with van der Waals surface area (Å²) < 4.78 is 5.40. The fourth-order valence-corrected chi connectivity index (χ4v) is 1.39. The van der Waals surface area contributed by atoms with Crippen molar-refractivity contribution >= 4 is 17.5 Å². The quantitative estimate of drug-likeness (QED) is 0.745. The zero-order chi connectivity index (χ0) is 13.7. The van der Waals surface area contributed by atoms with Crippen molar-refractivity contribution in [2.75, 3.05) is 17.7 Å². The van der Waals surface area contributed by atoms with Gasteiger partial charge in [0.15, 0.2) is 0 Å². The molecule has 1 amide bonds. The standard InChI is InChI=1S/C11H14N6O2/c1-17-15-11(14-16-17)13-10(18)5-6-19-9-4-2-3-8(12)7-9/h2-4,7H,5-6,12H2,1H3,(H,13,15,18). The van der Waals surface area contributed by atoms with Crippen LogP contribution < -0.4 is 15.8 Å². The Bertz CT molecular complexity index is 568. The average molecular weight is 262 g/mol. The number of amides is 1. The van der Waals surface area contributed by atoms with E-state index < -0.39 is 0 Å². The molecule has 0 bridgehead atoms. The molecule has 19 heavy (non-hydrogen) atoms. The fourth-order valence-electron chi connectivity index (χ4n) is 1.39. The number of rotatable bonds is 5. The molecule has 0 saturated heterocycles. The number of anilines is 2. The summed E-state index contributed by atoms with van der Waals surface area (Å²) in [5.41, 5.74) is 6.23. The monoisotopic (exact) mass is 262 g/mol. The Kier molecular flexibility index (Phi) is 3.91. The second-order valence-electron chi connectivity index (χ2n) is 3.82. The second kappa shape index (κ2) is 5.80. The van der Waals surface area contributed by atoms with Gasteiger partial charge in [0.25, 0.3) is 5.95 Å². The first-order chi connectivity index (χ1) is 9.13. The van der Waals surface area contributed by atoms with E-state index in [0.717, 1.165) is 0 Å². The molecule has 0 fully saturated rings. The number of ether oxygens (including phenoxy) is 1. The molecule has 0 atom stereocenters. The van der Waals surface area contributed by atoms with Crippen LogP contribution in [0.3, 0.4) is 0 Å². The average Bonchev–Trinajstić information content (AvgIpc) is 2.75. The highest BCUT2D eigenvalue weighted by Crippen LogP contribution is 2.14. The van der Waals surface area contributed by atoms with Gasteiger partial charge in [-0.05, 0) is 17.3 Å². The first kappa shape index (κ1) is 12.8. The van der Waals surface area contributed by atoms with E-state index in [1.807, 2.05) is 0 Å². The first-order valence-corrected chi connectivity index (χ1v) is 5.65. The Labute approximate surface area is 109 Å². The number of nitrogens with zero attached hydrogens (tertiary/aromatic N) is 4. The van der Waals surface area contributed by atoms with Gasteiger partial charge in [0.1, 0.15) is 5.75 Å². The molecule has 1 aromatic carbocycles. The van der Waals surface area contributed by atoms with Gasteiger partial charge in [-0.2, -0.15) is 4.80 Å². The van der Waals surface area contributed by atoms with Crippen LogP contribution in [0.1, 0.15) is 6.42 Å². The number of hydrogen-bond acceptors (Lipinski definition) is 6. The van der Waals surface area contributed by atoms with Gasteiger partial charge >= 0.3 is 0 Å². The molecule has 2 rings (SSSR count). The molecule has 0 unspecified atom stereocenters. The van der Waals surface area contributed by atoms with Crippen molar-refractivity contribution in [2.45, 2.75) is 6.42 Å². The van der Waals surface area contributed by atoms with Crippen LogP contribution in [0.2, 0.25) is 0 Å². The Balaban J connectivity index is 1.75. The third-order valence-electron chi connectivity index (χ3n) is 2.22. The summed E-state index contributed by atoms with van der Waals surface area (Å²) in [5.74, 6) is 0.568. The third kappa shape index (κ3) is 3.95. The van der Waals surface area contributed by atoms with Crippen LogP contribution in [0, 0.1) is 0 Å². The molecule has 1 aromatic heterocycles. The number of benzene rings is 1. The molecule has 0 spiro atoms. The van der Waals surface area contributed by atoms with Crippen LogP contribution in [-0.2, 0) is 11.8 Å². The number of aryl methyl sites for hydroxylation is 1. The number of nitrogen functional groups attached to an aromatic ring is 1. The predicted octanol–water partition coefficient (Wildman–Crippen LogP) is 0.200. The number of tetrazole rings is 1. The maximum absolute atomic E-state index is 11.5. The van der Waals surface area contributed by atoms with Crippen LogP contribution in [0.25, 0.3) is 0 Å². The van der Waals surface area contributed by atoms with Crippen molar-refractivity contribution in [1.82, 2.24) is 20.2 Å². The van der Waals surface area contributed by atoms with Gasteiger partial charge in [0.05, 0.1) is 20.1 Å². The molecule has 8 heteroatoms. The summed E-state index contributed by atoms with van der Waals surface area (Å²) >= 11 is 0. The fraction of sp³-hybridized carbons (Fsp3) is 0.273. The molecule has 1 heterocycles. The predicted molar refractivity (Wildman–Crippen MR) is 68.4 cm³/mol. The zero-order valence-electron chi connectivity index (χ0n) is 10.4. The van der Waals surface area contributed by atoms with E-state index in [-0.39, 0.29) is 24.9 Å². The molecule has 0 radical (unpaired) electrons. The smallest absolute Gasteiger partial charge is 0.270 e. The highest BCUT2D eigenvalue weighted by atomic mass is 16.5. The second-order valence-corrected chi connectivity index (χ2v) is 3.82. The summed E-state index contributed by atoms with van der Waals surface area (Å²) in [5, 5.41) is 13.6. The minimum atomic E-state index is -0.239. The van der Waals surface area contributed by atoms with Crippen LogP contribution in [0.15, 0.2) is 24.3 Å². The molecule has 0 aliphatic heterocycles. The molecule has 8 nitrogen and oxygen atoms in total. The van der Waals surface area contributed by atoms with Crippen molar-refractivity contribution in [3.05, 3.63) is 24.3 Å². The van der Waals surface area contributed by atoms with Gasteiger partial charge in [-0.15, -0.1) is 5.10 Å². The van der Waals surface area contributed by atoms with Gasteiger partial charge in [0, 0.05) is 11.8 Å². The van der Waals surface area contributed by atoms with Gasteiger partial charge in [-0.3, -0.25) is 10.1 Å². The minimum Gasteiger partial charge on any atom is -0.493 e. The van der Waals surface area contributed by atoms with Gasteiger partial charge in [-0.25, -0.2) is 0 Å². The number of aromatic nitrogens is 4. The molecule has 0 aliphatic rings. The molecule has 100 valence electrons. The molecule has 2 aromatic rings. The van der Waals surface area contributed by atoms with Crippen LogP contribution in [0.5, 0.6) is 5.75 Å². The first-order valence-electron chi connectivity index (χ1n) is 5.65. The van der Waals surface area contributed by atoms with E-state index in [4.69, 9.17) is 10.5 Å². The van der Waals surface area contributed by atoms with Crippen molar-refractivity contribution in [1.29, 1.82) is 0 Å². The molecular formula is C11H14N6O2. The molecular weight excluding hydrogens is 248 g/mol. The van der Waals surface area contributed by atoms with Crippen molar-refractivity contribution < 1.29 is 9.53 Å². The summed E-state index contributed by atoms with van der Waals surface area (Å²) in [6.45, 7) is 0.246. The van der Waals surface area contributed by atoms with E-state index in [0.29, 0.717) is 11.4 Å². The lowest BCUT2D eigenvalue weighted by Gasteiger charge is -2.06. The van der Waals surface area contributed by atoms with E-state index in [2.05, 4.69) is 20.7 Å². The maximum atomic E-state index is 11.5. The van der Waals surface area contributed by atoms with E-state index in [9.17, 15) is 4.79 Å². The van der Waals surface area contributed by atoms with Crippen molar-refractivity contribution in [3.63, 3.8) is 0 Å². The lowest BCUT2D eigenvalue weighted by Crippen LogP contribution is -2.16. The van der Waals surface area contributed by atoms with Gasteiger partial charge in [-0.1, -0.05) is 11.2 Å². The number of carbonyl (C=O) groups excluding carboxylic acids is 1. The Morgan fingerprint density at radius 1 is 1.53 bits per heavy atom. The van der Waals surface area contributed by atoms with E-state index in [1.54, 1.807) is 31.3 Å². The number of carbonyl (C=O) groups is 1. The van der Waals surface area contributed by atoms with E-state index in [1.165, 1.54) is 4.80 Å². The molecule has 0 saturated carbocycles. The maximum Gasteiger partial charge on any atom is 0.270 e. The highest BCUT2D eigenvalue weighted by molar-refractivity contribution is 5.88. The highest BCUT2D eigenvalue weighted by Gasteiger charge is 2.06. The number of hydrogen-bond donors (Lipinski definition) is 2. The minimum absolute atomic E-state index is 0.177. The Hall–Kier alpha value is -2.64. The van der Waals surface area contributed by atoms with Gasteiger partial charge in [0.2, 0.25) is 5.91 Å². The van der Waals surface area contributed by atoms with Gasteiger partial charge < -0.3 is 10.5 Å². The summed E-state index contributed by atoms with van der Waals surface area (Å²) in [4.78, 5) is 12.8. The normalized spacial score (nSPS) is 10.2. The summed E-state index contributed by atoms with van der Waals surface area (Å²) in [7, 11) is 1.62. The van der Waals surface area contributed by atoms with Crippen LogP contribution in [-0.4, -0.2) is 32.7 Å². The summed E-state index contributed by atoms with van der Waals surface area (Å²) in [6.07, 6.45) is 0.188. The topological polar surface area (TPSA) is 108 Å². The number of nitrogens with one attached hydrogen (secondary N) is 1.